The number of aromatic nitrogens is 1. The molecule has 6 nitrogen and oxygen atoms in total. The maximum atomic E-state index is 11.5. The van der Waals surface area contributed by atoms with Crippen LogP contribution in [0.25, 0.3) is 0 Å². The monoisotopic (exact) mass is 414 g/mol. The van der Waals surface area contributed by atoms with Crippen LogP contribution in [0.3, 0.4) is 0 Å². The molecular weight excluding hydrogens is 384 g/mol. The van der Waals surface area contributed by atoms with Crippen molar-refractivity contribution in [1.29, 1.82) is 0 Å². The molecule has 1 heterocycles. The van der Waals surface area contributed by atoms with Gasteiger partial charge in [0.05, 0.1) is 24.9 Å². The van der Waals surface area contributed by atoms with Gasteiger partial charge in [0.25, 0.3) is 0 Å². The molecular formula is C22H30N4O2S. The van der Waals surface area contributed by atoms with E-state index in [1.807, 2.05) is 5.38 Å². The number of hydrogen-bond donors (Lipinski definition) is 1. The summed E-state index contributed by atoms with van der Waals surface area (Å²) in [5.74, 6) is -0.262. The van der Waals surface area contributed by atoms with Crippen LogP contribution in [-0.2, 0) is 22.5 Å². The Balaban J connectivity index is 1.46. The fourth-order valence-electron chi connectivity index (χ4n) is 3.61. The third-order valence-electron chi connectivity index (χ3n) is 5.17. The third kappa shape index (κ3) is 6.94. The fraction of sp³-hybridized carbons (Fsp3) is 0.500. The van der Waals surface area contributed by atoms with E-state index in [4.69, 9.17) is 4.74 Å². The van der Waals surface area contributed by atoms with Gasteiger partial charge in [-0.15, -0.1) is 11.3 Å². The molecule has 156 valence electrons. The normalized spacial score (nSPS) is 15.1. The van der Waals surface area contributed by atoms with Crippen LogP contribution >= 0.6 is 11.3 Å². The second kappa shape index (κ2) is 11.1. The van der Waals surface area contributed by atoms with E-state index < -0.39 is 0 Å². The number of rotatable bonds is 9. The molecule has 0 unspecified atom stereocenters. The molecule has 2 aromatic rings. The van der Waals surface area contributed by atoms with E-state index >= 15 is 0 Å². The first-order valence-corrected chi connectivity index (χ1v) is 11.2. The minimum atomic E-state index is -0.262. The van der Waals surface area contributed by atoms with Gasteiger partial charge < -0.3 is 4.74 Å². The zero-order valence-electron chi connectivity index (χ0n) is 17.3. The van der Waals surface area contributed by atoms with Crippen molar-refractivity contribution in [1.82, 2.24) is 9.88 Å². The predicted octanol–water partition coefficient (Wildman–Crippen LogP) is 4.46. The van der Waals surface area contributed by atoms with Gasteiger partial charge in [0, 0.05) is 18.0 Å². The molecule has 3 rings (SSSR count). The number of hydrogen-bond acceptors (Lipinski definition) is 7. The highest BCUT2D eigenvalue weighted by atomic mass is 32.1. The van der Waals surface area contributed by atoms with Gasteiger partial charge in [-0.2, -0.15) is 5.10 Å². The Morgan fingerprint density at radius 1 is 1.31 bits per heavy atom. The topological polar surface area (TPSA) is 66.8 Å². The molecule has 1 aliphatic carbocycles. The Morgan fingerprint density at radius 3 is 2.79 bits per heavy atom. The Morgan fingerprint density at radius 2 is 2.07 bits per heavy atom. The van der Waals surface area contributed by atoms with Crippen molar-refractivity contribution in [2.45, 2.75) is 58.0 Å². The van der Waals surface area contributed by atoms with Crippen molar-refractivity contribution in [2.75, 3.05) is 19.1 Å². The molecule has 0 amide bonds. The summed E-state index contributed by atoms with van der Waals surface area (Å²) >= 11 is 1.42. The summed E-state index contributed by atoms with van der Waals surface area (Å²) in [6.45, 7) is 3.17. The van der Waals surface area contributed by atoms with E-state index in [1.165, 1.54) is 49.0 Å². The van der Waals surface area contributed by atoms with Gasteiger partial charge in [-0.25, -0.2) is 4.98 Å². The number of nitrogens with zero attached hydrogens (tertiary/aromatic N) is 3. The number of thiazole rings is 1. The summed E-state index contributed by atoms with van der Waals surface area (Å²) in [6, 6.07) is 9.23. The molecule has 29 heavy (non-hydrogen) atoms. The molecule has 0 radical (unpaired) electrons. The summed E-state index contributed by atoms with van der Waals surface area (Å²) in [6.07, 6.45) is 8.73. The standard InChI is InChI=1S/C22H30N4O2S/c1-3-28-21(27)13-19-16-29-22(24-19)25-23-14-17-9-11-18(12-10-17)15-26(2)20-7-5-4-6-8-20/h9-12,14,16,20H,3-8,13,15H2,1-2H3,(H,24,25). The average molecular weight is 415 g/mol. The number of nitrogens with one attached hydrogen (secondary N) is 1. The lowest BCUT2D eigenvalue weighted by molar-refractivity contribution is -0.142. The van der Waals surface area contributed by atoms with Crippen molar-refractivity contribution in [2.24, 2.45) is 5.10 Å². The summed E-state index contributed by atoms with van der Waals surface area (Å²) < 4.78 is 4.93. The highest BCUT2D eigenvalue weighted by molar-refractivity contribution is 7.13. The van der Waals surface area contributed by atoms with Crippen LogP contribution in [0.4, 0.5) is 5.13 Å². The molecule has 1 aromatic carbocycles. The smallest absolute Gasteiger partial charge is 0.311 e. The fourth-order valence-corrected chi connectivity index (χ4v) is 4.27. The van der Waals surface area contributed by atoms with Crippen LogP contribution < -0.4 is 5.43 Å². The Kier molecular flexibility index (Phi) is 8.19. The van der Waals surface area contributed by atoms with Crippen LogP contribution in [-0.4, -0.2) is 41.8 Å². The van der Waals surface area contributed by atoms with Gasteiger partial charge in [-0.3, -0.25) is 15.1 Å². The van der Waals surface area contributed by atoms with E-state index in [2.05, 4.69) is 51.7 Å². The Bertz CT molecular complexity index is 797. The highest BCUT2D eigenvalue weighted by Crippen LogP contribution is 2.23. The predicted molar refractivity (Wildman–Crippen MR) is 118 cm³/mol. The summed E-state index contributed by atoms with van der Waals surface area (Å²) in [5.41, 5.74) is 5.98. The SMILES string of the molecule is CCOC(=O)Cc1csc(NN=Cc2ccc(CN(C)C3CCCCC3)cc2)n1. The number of esters is 1. The molecule has 1 aromatic heterocycles. The number of ether oxygens (including phenoxy) is 1. The van der Waals surface area contributed by atoms with Crippen LogP contribution in [0.15, 0.2) is 34.7 Å². The molecule has 1 fully saturated rings. The van der Waals surface area contributed by atoms with E-state index in [1.54, 1.807) is 13.1 Å². The third-order valence-corrected chi connectivity index (χ3v) is 5.96. The number of anilines is 1. The van der Waals surface area contributed by atoms with Crippen molar-refractivity contribution < 1.29 is 9.53 Å². The average Bonchev–Trinajstić information content (AvgIpc) is 3.17. The minimum Gasteiger partial charge on any atom is -0.466 e. The minimum absolute atomic E-state index is 0.187. The molecule has 0 atom stereocenters. The summed E-state index contributed by atoms with van der Waals surface area (Å²) in [4.78, 5) is 18.3. The largest absolute Gasteiger partial charge is 0.466 e. The molecule has 1 aliphatic rings. The highest BCUT2D eigenvalue weighted by Gasteiger charge is 2.17. The van der Waals surface area contributed by atoms with Crippen molar-refractivity contribution in [3.63, 3.8) is 0 Å². The Hall–Kier alpha value is -2.25. The second-order valence-electron chi connectivity index (χ2n) is 7.44. The van der Waals surface area contributed by atoms with Crippen molar-refractivity contribution in [3.8, 4) is 0 Å². The van der Waals surface area contributed by atoms with Gasteiger partial charge in [0.15, 0.2) is 0 Å². The van der Waals surface area contributed by atoms with Crippen LogP contribution in [0.1, 0.15) is 55.8 Å². The first-order chi connectivity index (χ1) is 14.1. The zero-order valence-corrected chi connectivity index (χ0v) is 18.1. The maximum Gasteiger partial charge on any atom is 0.311 e. The number of carbonyl (C=O) groups is 1. The lowest BCUT2D eigenvalue weighted by atomic mass is 9.94. The van der Waals surface area contributed by atoms with Gasteiger partial charge in [0.1, 0.15) is 0 Å². The van der Waals surface area contributed by atoms with Crippen molar-refractivity contribution >= 4 is 28.7 Å². The molecule has 1 saturated carbocycles. The molecule has 0 bridgehead atoms. The molecule has 1 N–H and O–H groups in total. The van der Waals surface area contributed by atoms with Crippen LogP contribution in [0, 0.1) is 0 Å². The van der Waals surface area contributed by atoms with E-state index in [9.17, 15) is 4.79 Å². The molecule has 7 heteroatoms. The number of carbonyl (C=O) groups excluding carboxylic acids is 1. The number of hydrazone groups is 1. The quantitative estimate of drug-likeness (QED) is 0.373. The first-order valence-electron chi connectivity index (χ1n) is 10.3. The van der Waals surface area contributed by atoms with Gasteiger partial charge in [-0.1, -0.05) is 43.5 Å². The van der Waals surface area contributed by atoms with Crippen LogP contribution in [0.2, 0.25) is 0 Å². The summed E-state index contributed by atoms with van der Waals surface area (Å²) in [7, 11) is 2.24. The van der Waals surface area contributed by atoms with Gasteiger partial charge in [-0.05, 0) is 37.9 Å². The van der Waals surface area contributed by atoms with Crippen molar-refractivity contribution in [3.05, 3.63) is 46.5 Å². The lowest BCUT2D eigenvalue weighted by Gasteiger charge is -2.31. The van der Waals surface area contributed by atoms with Gasteiger partial charge in [0.2, 0.25) is 5.13 Å². The van der Waals surface area contributed by atoms with Gasteiger partial charge >= 0.3 is 5.97 Å². The molecule has 0 aliphatic heterocycles. The zero-order chi connectivity index (χ0) is 20.5. The Labute approximate surface area is 177 Å². The van der Waals surface area contributed by atoms with E-state index in [0.717, 1.165) is 18.2 Å². The van der Waals surface area contributed by atoms with Crippen LogP contribution in [0.5, 0.6) is 0 Å². The first kappa shape index (κ1) is 21.5. The molecule has 0 spiro atoms. The lowest BCUT2D eigenvalue weighted by Crippen LogP contribution is -2.32. The second-order valence-corrected chi connectivity index (χ2v) is 8.30. The van der Waals surface area contributed by atoms with E-state index in [0.29, 0.717) is 17.4 Å². The number of benzene rings is 1. The summed E-state index contributed by atoms with van der Waals surface area (Å²) in [5, 5.41) is 6.75. The maximum absolute atomic E-state index is 11.5. The molecule has 0 saturated heterocycles. The van der Waals surface area contributed by atoms with E-state index in [-0.39, 0.29) is 12.4 Å².